The molecule has 5 atom stereocenters. The van der Waals surface area contributed by atoms with Gasteiger partial charge in [0.1, 0.15) is 5.78 Å². The molecule has 0 N–H and O–H groups in total. The van der Waals surface area contributed by atoms with Crippen molar-refractivity contribution in [3.63, 3.8) is 0 Å². The Balaban J connectivity index is 1.01. The number of halogens is 1. The molecule has 7 rings (SSSR count). The van der Waals surface area contributed by atoms with Gasteiger partial charge in [0.2, 0.25) is 5.91 Å². The summed E-state index contributed by atoms with van der Waals surface area (Å²) in [6, 6.07) is 15.5. The molecule has 3 aliphatic carbocycles. The third kappa shape index (κ3) is 5.59. The van der Waals surface area contributed by atoms with Crippen LogP contribution in [0.2, 0.25) is 5.02 Å². The zero-order chi connectivity index (χ0) is 29.6. The minimum absolute atomic E-state index is 0.180. The lowest BCUT2D eigenvalue weighted by molar-refractivity contribution is -0.135. The number of aryl methyl sites for hydroxylation is 1. The Morgan fingerprint density at radius 1 is 0.977 bits per heavy atom. The maximum atomic E-state index is 13.5. The molecular weight excluding hydrogens is 558 g/mol. The van der Waals surface area contributed by atoms with Crippen molar-refractivity contribution >= 4 is 34.7 Å². The van der Waals surface area contributed by atoms with Gasteiger partial charge in [0, 0.05) is 73.9 Å². The molecule has 43 heavy (non-hydrogen) atoms. The number of Topliss-reactive ketones (excluding diaryl/α,β-unsaturated/α-hetero) is 1. The summed E-state index contributed by atoms with van der Waals surface area (Å²) in [5, 5.41) is 0.795. The van der Waals surface area contributed by atoms with Crippen LogP contribution in [-0.2, 0) is 20.7 Å². The van der Waals surface area contributed by atoms with Crippen LogP contribution in [0.4, 0.5) is 11.4 Å². The van der Waals surface area contributed by atoms with Gasteiger partial charge in [-0.15, -0.1) is 0 Å². The fourth-order valence-electron chi connectivity index (χ4n) is 9.47. The molecule has 1 amide bonds. The maximum absolute atomic E-state index is 13.5. The van der Waals surface area contributed by atoms with Crippen LogP contribution in [0.25, 0.3) is 0 Å². The van der Waals surface area contributed by atoms with E-state index in [1.165, 1.54) is 23.4 Å². The van der Waals surface area contributed by atoms with Crippen molar-refractivity contribution in [2.75, 3.05) is 62.3 Å². The summed E-state index contributed by atoms with van der Waals surface area (Å²) < 4.78 is 5.41. The molecule has 2 aromatic rings. The van der Waals surface area contributed by atoms with Crippen molar-refractivity contribution in [2.24, 2.45) is 23.2 Å². The van der Waals surface area contributed by atoms with E-state index in [0.29, 0.717) is 68.6 Å². The van der Waals surface area contributed by atoms with Gasteiger partial charge in [-0.05, 0) is 104 Å². The van der Waals surface area contributed by atoms with E-state index < -0.39 is 0 Å². The topological polar surface area (TPSA) is 53.1 Å². The zero-order valence-corrected chi connectivity index (χ0v) is 26.4. The molecular formula is C36H46ClN3O3. The minimum Gasteiger partial charge on any atom is -0.378 e. The van der Waals surface area contributed by atoms with Gasteiger partial charge in [-0.2, -0.15) is 0 Å². The van der Waals surface area contributed by atoms with E-state index in [1.54, 1.807) is 5.56 Å². The van der Waals surface area contributed by atoms with E-state index in [2.05, 4.69) is 47.1 Å². The van der Waals surface area contributed by atoms with Crippen LogP contribution < -0.4 is 9.80 Å². The van der Waals surface area contributed by atoms with Gasteiger partial charge in [0.25, 0.3) is 0 Å². The van der Waals surface area contributed by atoms with Crippen LogP contribution in [0.3, 0.4) is 0 Å². The van der Waals surface area contributed by atoms with Gasteiger partial charge in [-0.1, -0.05) is 30.7 Å². The number of amides is 1. The van der Waals surface area contributed by atoms with E-state index in [1.807, 2.05) is 17.0 Å². The van der Waals surface area contributed by atoms with Gasteiger partial charge in [-0.25, -0.2) is 0 Å². The highest BCUT2D eigenvalue weighted by Crippen LogP contribution is 2.62. The highest BCUT2D eigenvalue weighted by molar-refractivity contribution is 6.30. The Morgan fingerprint density at radius 2 is 1.72 bits per heavy atom. The number of ketones is 1. The molecule has 2 heterocycles. The summed E-state index contributed by atoms with van der Waals surface area (Å²) in [5.41, 5.74) is 5.44. The highest BCUT2D eigenvalue weighted by Gasteiger charge is 2.58. The fourth-order valence-corrected chi connectivity index (χ4v) is 9.66. The second-order valence-corrected chi connectivity index (χ2v) is 14.3. The standard InChI is InChI=1S/C36H46ClN3O3/c1-36-13-12-31-30-11-9-29(39-16-14-38(15-17-39)28-6-3-5-27(37)24-28)22-25(30)8-10-32(31)35(36)26(23-33(36)41)4-2-7-34(42)40-18-20-43-21-19-40/h3,5-6,9,11,22,24,26,31-32,35H,2,4,7-8,10,12-21,23H2,1H3/t26-,31+,32+,35-,36+/m0/s1. The monoisotopic (exact) mass is 603 g/mol. The largest absolute Gasteiger partial charge is 0.378 e. The smallest absolute Gasteiger partial charge is 0.222 e. The lowest BCUT2D eigenvalue weighted by atomic mass is 9.54. The molecule has 0 aromatic heterocycles. The van der Waals surface area contributed by atoms with Gasteiger partial charge < -0.3 is 19.4 Å². The van der Waals surface area contributed by atoms with Crippen molar-refractivity contribution < 1.29 is 14.3 Å². The number of hydrogen-bond acceptors (Lipinski definition) is 5. The quantitative estimate of drug-likeness (QED) is 0.385. The first-order chi connectivity index (χ1) is 20.9. The van der Waals surface area contributed by atoms with Crippen LogP contribution in [-0.4, -0.2) is 69.1 Å². The Morgan fingerprint density at radius 3 is 2.47 bits per heavy atom. The molecule has 7 heteroatoms. The average molecular weight is 604 g/mol. The number of carbonyl (C=O) groups is 2. The van der Waals surface area contributed by atoms with Crippen molar-refractivity contribution in [1.29, 1.82) is 0 Å². The van der Waals surface area contributed by atoms with Gasteiger partial charge in [-0.3, -0.25) is 9.59 Å². The summed E-state index contributed by atoms with van der Waals surface area (Å²) in [4.78, 5) is 33.1. The second kappa shape index (κ2) is 12.1. The predicted octanol–water partition coefficient (Wildman–Crippen LogP) is 6.35. The Hall–Kier alpha value is -2.57. The van der Waals surface area contributed by atoms with E-state index in [9.17, 15) is 9.59 Å². The molecule has 6 nitrogen and oxygen atoms in total. The normalized spacial score (nSPS) is 30.6. The number of ether oxygens (including phenoxy) is 1. The molecule has 0 radical (unpaired) electrons. The number of rotatable bonds is 6. The first-order valence-corrected chi connectivity index (χ1v) is 17.1. The average Bonchev–Trinajstić information content (AvgIpc) is 3.30. The third-order valence-corrected chi connectivity index (χ3v) is 11.9. The summed E-state index contributed by atoms with van der Waals surface area (Å²) in [7, 11) is 0. The number of fused-ring (bicyclic) bond motifs is 5. The van der Waals surface area contributed by atoms with E-state index >= 15 is 0 Å². The summed E-state index contributed by atoms with van der Waals surface area (Å²) >= 11 is 6.25. The predicted molar refractivity (Wildman–Crippen MR) is 172 cm³/mol. The van der Waals surface area contributed by atoms with Crippen LogP contribution in [0, 0.1) is 23.2 Å². The maximum Gasteiger partial charge on any atom is 0.222 e. The van der Waals surface area contributed by atoms with Gasteiger partial charge >= 0.3 is 0 Å². The fraction of sp³-hybridized carbons (Fsp3) is 0.611. The van der Waals surface area contributed by atoms with Crippen LogP contribution in [0.15, 0.2) is 42.5 Å². The third-order valence-electron chi connectivity index (χ3n) is 11.7. The Labute approximate surface area is 261 Å². The molecule has 4 fully saturated rings. The number of hydrogen-bond donors (Lipinski definition) is 0. The molecule has 2 aromatic carbocycles. The van der Waals surface area contributed by atoms with E-state index in [4.69, 9.17) is 16.3 Å². The minimum atomic E-state index is -0.180. The second-order valence-electron chi connectivity index (χ2n) is 13.9. The Bertz CT molecular complexity index is 1350. The van der Waals surface area contributed by atoms with E-state index in [0.717, 1.165) is 63.3 Å². The van der Waals surface area contributed by atoms with Gasteiger partial charge in [0.05, 0.1) is 13.2 Å². The molecule has 2 saturated heterocycles. The first kappa shape index (κ1) is 29.2. The summed E-state index contributed by atoms with van der Waals surface area (Å²) in [6.45, 7) is 9.01. The number of piperazine rings is 1. The van der Waals surface area contributed by atoms with Crippen molar-refractivity contribution in [1.82, 2.24) is 4.90 Å². The Kier molecular flexibility index (Phi) is 8.19. The van der Waals surface area contributed by atoms with Crippen LogP contribution in [0.1, 0.15) is 68.9 Å². The number of nitrogens with zero attached hydrogens (tertiary/aromatic N) is 3. The number of benzene rings is 2. The molecule has 230 valence electrons. The number of carbonyl (C=O) groups excluding carboxylic acids is 2. The highest BCUT2D eigenvalue weighted by atomic mass is 35.5. The number of morpholine rings is 1. The first-order valence-electron chi connectivity index (χ1n) is 16.7. The van der Waals surface area contributed by atoms with Crippen molar-refractivity contribution in [3.8, 4) is 0 Å². The molecule has 2 saturated carbocycles. The SMILES string of the molecule is C[C@]12CC[C@@H]3c4ccc(N5CCN(c6cccc(Cl)c6)CC5)cc4CC[C@H]3[C@@H]1[C@@H](CCCC(=O)N1CCOCC1)CC2=O. The molecule has 5 aliphatic rings. The van der Waals surface area contributed by atoms with E-state index in [-0.39, 0.29) is 11.3 Å². The van der Waals surface area contributed by atoms with Crippen LogP contribution in [0.5, 0.6) is 0 Å². The van der Waals surface area contributed by atoms with Crippen molar-refractivity contribution in [2.45, 2.75) is 64.2 Å². The molecule has 0 unspecified atom stereocenters. The summed E-state index contributed by atoms with van der Waals surface area (Å²) in [5.74, 6) is 2.73. The lowest BCUT2D eigenvalue weighted by Gasteiger charge is -2.50. The van der Waals surface area contributed by atoms with Crippen molar-refractivity contribution in [3.05, 3.63) is 58.6 Å². The molecule has 2 aliphatic heterocycles. The summed E-state index contributed by atoms with van der Waals surface area (Å²) in [6.07, 6.45) is 7.62. The molecule has 0 spiro atoms. The lowest BCUT2D eigenvalue weighted by Crippen LogP contribution is -2.46. The van der Waals surface area contributed by atoms with Crippen LogP contribution >= 0.6 is 11.6 Å². The zero-order valence-electron chi connectivity index (χ0n) is 25.6. The van der Waals surface area contributed by atoms with Gasteiger partial charge in [0.15, 0.2) is 0 Å². The molecule has 0 bridgehead atoms. The number of anilines is 2.